The van der Waals surface area contributed by atoms with Crippen LogP contribution in [0.15, 0.2) is 17.0 Å². The number of thioether (sulfide) groups is 1. The molecule has 3 nitrogen and oxygen atoms in total. The molecule has 1 aromatic rings. The highest BCUT2D eigenvalue weighted by molar-refractivity contribution is 7.98. The van der Waals surface area contributed by atoms with Gasteiger partial charge in [0.25, 0.3) is 5.91 Å². The zero-order chi connectivity index (χ0) is 15.2. The molecule has 0 spiro atoms. The molecule has 2 rings (SSSR count). The van der Waals surface area contributed by atoms with E-state index in [1.165, 1.54) is 24.6 Å². The Bertz CT molecular complexity index is 505. The van der Waals surface area contributed by atoms with Crippen LogP contribution in [0.2, 0.25) is 10.0 Å². The maximum absolute atomic E-state index is 12.2. The number of piperidine rings is 1. The first-order valence-corrected chi connectivity index (χ1v) is 9.12. The minimum absolute atomic E-state index is 0.129. The molecule has 0 radical (unpaired) electrons. The van der Waals surface area contributed by atoms with Gasteiger partial charge < -0.3 is 10.6 Å². The van der Waals surface area contributed by atoms with Crippen LogP contribution in [0.1, 0.15) is 29.6 Å². The van der Waals surface area contributed by atoms with Crippen molar-refractivity contribution in [2.45, 2.75) is 24.2 Å². The summed E-state index contributed by atoms with van der Waals surface area (Å²) in [5, 5.41) is 7.32. The van der Waals surface area contributed by atoms with Crippen molar-refractivity contribution < 1.29 is 4.79 Å². The Labute approximate surface area is 140 Å². The van der Waals surface area contributed by atoms with Gasteiger partial charge in [-0.1, -0.05) is 23.2 Å². The second kappa shape index (κ2) is 8.28. The van der Waals surface area contributed by atoms with Crippen LogP contribution >= 0.6 is 35.0 Å². The third kappa shape index (κ3) is 4.78. The van der Waals surface area contributed by atoms with Crippen LogP contribution in [-0.2, 0) is 0 Å². The van der Waals surface area contributed by atoms with Crippen LogP contribution in [-0.4, -0.2) is 31.8 Å². The zero-order valence-electron chi connectivity index (χ0n) is 12.0. The van der Waals surface area contributed by atoms with E-state index in [2.05, 4.69) is 10.6 Å². The molecule has 1 unspecified atom stereocenters. The summed E-state index contributed by atoms with van der Waals surface area (Å²) in [4.78, 5) is 13.1. The number of carbonyl (C=O) groups is 1. The Morgan fingerprint density at radius 3 is 2.90 bits per heavy atom. The lowest BCUT2D eigenvalue weighted by molar-refractivity contribution is 0.0950. The second-order valence-corrected chi connectivity index (χ2v) is 6.89. The minimum Gasteiger partial charge on any atom is -0.352 e. The Balaban J connectivity index is 1.90. The van der Waals surface area contributed by atoms with E-state index in [4.69, 9.17) is 23.2 Å². The lowest BCUT2D eigenvalue weighted by Crippen LogP contribution is -2.33. The monoisotopic (exact) mass is 346 g/mol. The van der Waals surface area contributed by atoms with Gasteiger partial charge in [-0.25, -0.2) is 0 Å². The maximum Gasteiger partial charge on any atom is 0.252 e. The van der Waals surface area contributed by atoms with Gasteiger partial charge in [0.15, 0.2) is 0 Å². The topological polar surface area (TPSA) is 41.1 Å². The zero-order valence-corrected chi connectivity index (χ0v) is 14.4. The van der Waals surface area contributed by atoms with Crippen molar-refractivity contribution in [1.82, 2.24) is 10.6 Å². The van der Waals surface area contributed by atoms with Crippen LogP contribution < -0.4 is 10.6 Å². The molecule has 1 fully saturated rings. The van der Waals surface area contributed by atoms with E-state index in [-0.39, 0.29) is 5.91 Å². The Morgan fingerprint density at radius 1 is 1.43 bits per heavy atom. The molecular weight excluding hydrogens is 327 g/mol. The Kier molecular flexibility index (Phi) is 6.68. The van der Waals surface area contributed by atoms with Gasteiger partial charge in [0, 0.05) is 11.4 Å². The maximum atomic E-state index is 12.2. The van der Waals surface area contributed by atoms with Crippen LogP contribution in [0.3, 0.4) is 0 Å². The van der Waals surface area contributed by atoms with Gasteiger partial charge in [0.1, 0.15) is 0 Å². The number of hydrogen-bond acceptors (Lipinski definition) is 3. The molecule has 6 heteroatoms. The molecule has 1 saturated heterocycles. The van der Waals surface area contributed by atoms with Crippen molar-refractivity contribution in [3.63, 3.8) is 0 Å². The van der Waals surface area contributed by atoms with Gasteiger partial charge in [-0.2, -0.15) is 0 Å². The van der Waals surface area contributed by atoms with Crippen molar-refractivity contribution in [2.24, 2.45) is 5.92 Å². The van der Waals surface area contributed by atoms with Gasteiger partial charge in [0.05, 0.1) is 15.6 Å². The Morgan fingerprint density at radius 2 is 2.24 bits per heavy atom. The summed E-state index contributed by atoms with van der Waals surface area (Å²) in [5.41, 5.74) is 0.493. The summed E-state index contributed by atoms with van der Waals surface area (Å²) in [7, 11) is 0. The van der Waals surface area contributed by atoms with Gasteiger partial charge in [-0.05, 0) is 56.7 Å². The molecule has 1 atom stereocenters. The molecule has 1 aliphatic rings. The molecule has 21 heavy (non-hydrogen) atoms. The highest BCUT2D eigenvalue weighted by atomic mass is 35.5. The fraction of sp³-hybridized carbons (Fsp3) is 0.533. The standard InChI is InChI=1S/C15H20Cl2N2OS/c1-21-14-7-11(12(16)8-13(14)17)15(20)19-6-4-10-3-2-5-18-9-10/h7-8,10,18H,2-6,9H2,1H3,(H,19,20). The van der Waals surface area contributed by atoms with E-state index in [0.29, 0.717) is 28.1 Å². The van der Waals surface area contributed by atoms with Crippen molar-refractivity contribution in [2.75, 3.05) is 25.9 Å². The molecule has 0 saturated carbocycles. The second-order valence-electron chi connectivity index (χ2n) is 5.22. The SMILES string of the molecule is CSc1cc(C(=O)NCCC2CCCNC2)c(Cl)cc1Cl. The molecule has 116 valence electrons. The van der Waals surface area contributed by atoms with Crippen LogP contribution in [0.5, 0.6) is 0 Å². The van der Waals surface area contributed by atoms with Crippen molar-refractivity contribution in [1.29, 1.82) is 0 Å². The van der Waals surface area contributed by atoms with Gasteiger partial charge in [-0.15, -0.1) is 11.8 Å². The number of benzene rings is 1. The fourth-order valence-electron chi connectivity index (χ4n) is 2.51. The summed E-state index contributed by atoms with van der Waals surface area (Å²) >= 11 is 13.7. The van der Waals surface area contributed by atoms with Crippen LogP contribution in [0, 0.1) is 5.92 Å². The van der Waals surface area contributed by atoms with Gasteiger partial charge in [-0.3, -0.25) is 4.79 Å². The van der Waals surface area contributed by atoms with E-state index in [1.807, 2.05) is 6.26 Å². The third-order valence-electron chi connectivity index (χ3n) is 3.72. The fourth-order valence-corrected chi connectivity index (χ4v) is 3.71. The number of halogens is 2. The highest BCUT2D eigenvalue weighted by Gasteiger charge is 2.16. The van der Waals surface area contributed by atoms with Crippen molar-refractivity contribution >= 4 is 40.9 Å². The van der Waals surface area contributed by atoms with Gasteiger partial charge >= 0.3 is 0 Å². The Hall–Kier alpha value is -0.420. The minimum atomic E-state index is -0.129. The molecule has 1 aliphatic heterocycles. The first-order valence-electron chi connectivity index (χ1n) is 7.13. The van der Waals surface area contributed by atoms with E-state index in [1.54, 1.807) is 12.1 Å². The number of carbonyl (C=O) groups excluding carboxylic acids is 1. The highest BCUT2D eigenvalue weighted by Crippen LogP contribution is 2.31. The molecule has 2 N–H and O–H groups in total. The van der Waals surface area contributed by atoms with Gasteiger partial charge in [0.2, 0.25) is 0 Å². The number of nitrogens with one attached hydrogen (secondary N) is 2. The molecule has 0 aliphatic carbocycles. The van der Waals surface area contributed by atoms with Crippen LogP contribution in [0.4, 0.5) is 0 Å². The molecule has 1 heterocycles. The third-order valence-corrected chi connectivity index (χ3v) is 5.24. The lowest BCUT2D eigenvalue weighted by Gasteiger charge is -2.22. The van der Waals surface area contributed by atoms with Crippen molar-refractivity contribution in [3.8, 4) is 0 Å². The summed E-state index contributed by atoms with van der Waals surface area (Å²) in [6.07, 6.45) is 5.38. The number of amides is 1. The predicted octanol–water partition coefficient (Wildman–Crippen LogP) is 3.83. The normalized spacial score (nSPS) is 18.5. The number of rotatable bonds is 5. The largest absolute Gasteiger partial charge is 0.352 e. The predicted molar refractivity (Wildman–Crippen MR) is 90.8 cm³/mol. The molecule has 0 bridgehead atoms. The number of hydrogen-bond donors (Lipinski definition) is 2. The van der Waals surface area contributed by atoms with E-state index in [0.717, 1.165) is 24.4 Å². The summed E-state index contributed by atoms with van der Waals surface area (Å²) < 4.78 is 0. The van der Waals surface area contributed by atoms with E-state index < -0.39 is 0 Å². The lowest BCUT2D eigenvalue weighted by atomic mass is 9.96. The molecular formula is C15H20Cl2N2OS. The molecule has 1 aromatic carbocycles. The molecule has 1 amide bonds. The first kappa shape index (κ1) is 16.9. The smallest absolute Gasteiger partial charge is 0.252 e. The quantitative estimate of drug-likeness (QED) is 0.796. The average molecular weight is 347 g/mol. The van der Waals surface area contributed by atoms with Crippen LogP contribution in [0.25, 0.3) is 0 Å². The molecule has 0 aromatic heterocycles. The summed E-state index contributed by atoms with van der Waals surface area (Å²) in [5.74, 6) is 0.525. The van der Waals surface area contributed by atoms with Crippen molar-refractivity contribution in [3.05, 3.63) is 27.7 Å². The first-order chi connectivity index (χ1) is 10.1. The van der Waals surface area contributed by atoms with E-state index in [9.17, 15) is 4.79 Å². The summed E-state index contributed by atoms with van der Waals surface area (Å²) in [6.45, 7) is 2.84. The van der Waals surface area contributed by atoms with E-state index >= 15 is 0 Å². The average Bonchev–Trinajstić information content (AvgIpc) is 2.48. The summed E-state index contributed by atoms with van der Waals surface area (Å²) in [6, 6.07) is 3.39.